The Morgan fingerprint density at radius 3 is 2.56 bits per heavy atom. The van der Waals surface area contributed by atoms with Crippen molar-refractivity contribution in [3.63, 3.8) is 0 Å². The number of pyridine rings is 1. The van der Waals surface area contributed by atoms with Gasteiger partial charge in [0.1, 0.15) is 0 Å². The van der Waals surface area contributed by atoms with E-state index in [1.165, 1.54) is 4.90 Å². The first-order chi connectivity index (χ1) is 7.84. The van der Waals surface area contributed by atoms with Crippen LogP contribution in [0.15, 0.2) is 58.0 Å². The van der Waals surface area contributed by atoms with Gasteiger partial charge in [-0.25, -0.2) is 0 Å². The summed E-state index contributed by atoms with van der Waals surface area (Å²) in [4.78, 5) is 5.61. The van der Waals surface area contributed by atoms with Crippen molar-refractivity contribution in [2.45, 2.75) is 11.3 Å². The first-order valence-electron chi connectivity index (χ1n) is 5.13. The second-order valence-corrected chi connectivity index (χ2v) is 5.46. The average Bonchev–Trinajstić information content (AvgIpc) is 2.33. The molecule has 1 heterocycles. The Bertz CT molecular complexity index is 427. The molecule has 0 unspecified atom stereocenters. The SMILES string of the molecule is Brc1ccc(SCCc2ccccn2)cc1. The van der Waals surface area contributed by atoms with E-state index in [0.717, 1.165) is 22.3 Å². The van der Waals surface area contributed by atoms with Gasteiger partial charge in [0.15, 0.2) is 0 Å². The average molecular weight is 294 g/mol. The van der Waals surface area contributed by atoms with Gasteiger partial charge in [0.05, 0.1) is 0 Å². The Balaban J connectivity index is 1.82. The number of aromatic nitrogens is 1. The van der Waals surface area contributed by atoms with Gasteiger partial charge >= 0.3 is 0 Å². The largest absolute Gasteiger partial charge is 0.261 e. The predicted octanol–water partition coefficient (Wildman–Crippen LogP) is 4.18. The summed E-state index contributed by atoms with van der Waals surface area (Å²) in [6, 6.07) is 14.5. The molecule has 3 heteroatoms. The molecule has 0 aliphatic heterocycles. The second kappa shape index (κ2) is 6.06. The molecule has 0 aliphatic carbocycles. The fourth-order valence-electron chi connectivity index (χ4n) is 1.35. The van der Waals surface area contributed by atoms with Gasteiger partial charge in [0, 0.05) is 27.0 Å². The number of hydrogen-bond acceptors (Lipinski definition) is 2. The lowest BCUT2D eigenvalue weighted by Crippen LogP contribution is -1.91. The molecule has 0 radical (unpaired) electrons. The maximum Gasteiger partial charge on any atom is 0.0411 e. The molecular formula is C13H12BrNS. The van der Waals surface area contributed by atoms with Crippen molar-refractivity contribution >= 4 is 27.7 Å². The standard InChI is InChI=1S/C13H12BrNS/c14-11-4-6-13(7-5-11)16-10-8-12-3-1-2-9-15-12/h1-7,9H,8,10H2. The van der Waals surface area contributed by atoms with Crippen LogP contribution in [-0.4, -0.2) is 10.7 Å². The van der Waals surface area contributed by atoms with E-state index in [9.17, 15) is 0 Å². The van der Waals surface area contributed by atoms with Crippen molar-refractivity contribution in [1.29, 1.82) is 0 Å². The van der Waals surface area contributed by atoms with Crippen LogP contribution in [0.5, 0.6) is 0 Å². The summed E-state index contributed by atoms with van der Waals surface area (Å²) >= 11 is 5.29. The molecule has 16 heavy (non-hydrogen) atoms. The molecule has 1 aromatic heterocycles. The van der Waals surface area contributed by atoms with E-state index in [4.69, 9.17) is 0 Å². The summed E-state index contributed by atoms with van der Waals surface area (Å²) < 4.78 is 1.13. The summed E-state index contributed by atoms with van der Waals surface area (Å²) in [5.74, 6) is 1.07. The number of benzene rings is 1. The monoisotopic (exact) mass is 293 g/mol. The third kappa shape index (κ3) is 3.65. The second-order valence-electron chi connectivity index (χ2n) is 3.37. The number of aryl methyl sites for hydroxylation is 1. The van der Waals surface area contributed by atoms with Crippen molar-refractivity contribution < 1.29 is 0 Å². The quantitative estimate of drug-likeness (QED) is 0.785. The number of thioether (sulfide) groups is 1. The normalized spacial score (nSPS) is 10.3. The van der Waals surface area contributed by atoms with E-state index in [0.29, 0.717) is 0 Å². The smallest absolute Gasteiger partial charge is 0.0411 e. The number of nitrogens with zero attached hydrogens (tertiary/aromatic N) is 1. The Labute approximate surface area is 108 Å². The van der Waals surface area contributed by atoms with Crippen LogP contribution in [0.4, 0.5) is 0 Å². The molecule has 2 rings (SSSR count). The number of halogens is 1. The number of rotatable bonds is 4. The molecule has 0 aliphatic rings. The minimum Gasteiger partial charge on any atom is -0.261 e. The Morgan fingerprint density at radius 2 is 1.88 bits per heavy atom. The maximum atomic E-state index is 4.30. The van der Waals surface area contributed by atoms with Gasteiger partial charge in [-0.2, -0.15) is 0 Å². The van der Waals surface area contributed by atoms with Gasteiger partial charge in [-0.1, -0.05) is 22.0 Å². The highest BCUT2D eigenvalue weighted by Crippen LogP contribution is 2.21. The van der Waals surface area contributed by atoms with Gasteiger partial charge in [-0.3, -0.25) is 4.98 Å². The first kappa shape index (κ1) is 11.7. The summed E-state index contributed by atoms with van der Waals surface area (Å²) in [7, 11) is 0. The van der Waals surface area contributed by atoms with Crippen molar-refractivity contribution in [1.82, 2.24) is 4.98 Å². The third-order valence-corrected chi connectivity index (χ3v) is 3.71. The Kier molecular flexibility index (Phi) is 4.43. The van der Waals surface area contributed by atoms with Crippen LogP contribution in [0.25, 0.3) is 0 Å². The van der Waals surface area contributed by atoms with Gasteiger partial charge in [-0.15, -0.1) is 11.8 Å². The Morgan fingerprint density at radius 1 is 1.06 bits per heavy atom. The van der Waals surface area contributed by atoms with E-state index < -0.39 is 0 Å². The molecule has 0 N–H and O–H groups in total. The lowest BCUT2D eigenvalue weighted by Gasteiger charge is -2.01. The van der Waals surface area contributed by atoms with Crippen molar-refractivity contribution in [2.24, 2.45) is 0 Å². The fourth-order valence-corrected chi connectivity index (χ4v) is 2.49. The van der Waals surface area contributed by atoms with Crippen molar-refractivity contribution in [3.8, 4) is 0 Å². The molecule has 0 amide bonds. The highest BCUT2D eigenvalue weighted by Gasteiger charge is 1.96. The molecule has 2 aromatic rings. The summed E-state index contributed by atoms with van der Waals surface area (Å²) in [6.45, 7) is 0. The van der Waals surface area contributed by atoms with Gasteiger partial charge in [-0.05, 0) is 42.8 Å². The zero-order valence-corrected chi connectivity index (χ0v) is 11.2. The van der Waals surface area contributed by atoms with Gasteiger partial charge < -0.3 is 0 Å². The van der Waals surface area contributed by atoms with Crippen LogP contribution in [0.3, 0.4) is 0 Å². The molecule has 0 bridgehead atoms. The van der Waals surface area contributed by atoms with E-state index in [-0.39, 0.29) is 0 Å². The van der Waals surface area contributed by atoms with Crippen molar-refractivity contribution in [3.05, 3.63) is 58.8 Å². The summed E-state index contributed by atoms with van der Waals surface area (Å²) in [5.41, 5.74) is 1.16. The molecule has 1 nitrogen and oxygen atoms in total. The zero-order valence-electron chi connectivity index (χ0n) is 8.77. The van der Waals surface area contributed by atoms with Crippen LogP contribution in [0, 0.1) is 0 Å². The topological polar surface area (TPSA) is 12.9 Å². The summed E-state index contributed by atoms with van der Waals surface area (Å²) in [6.07, 6.45) is 2.86. The minimum absolute atomic E-state index is 1.02. The van der Waals surface area contributed by atoms with Crippen molar-refractivity contribution in [2.75, 3.05) is 5.75 Å². The highest BCUT2D eigenvalue weighted by molar-refractivity contribution is 9.10. The third-order valence-electron chi connectivity index (χ3n) is 2.17. The molecule has 0 fully saturated rings. The lowest BCUT2D eigenvalue weighted by molar-refractivity contribution is 1.05. The molecule has 82 valence electrons. The van der Waals surface area contributed by atoms with Crippen LogP contribution in [-0.2, 0) is 6.42 Å². The first-order valence-corrected chi connectivity index (χ1v) is 6.91. The maximum absolute atomic E-state index is 4.30. The number of hydrogen-bond donors (Lipinski definition) is 0. The zero-order chi connectivity index (χ0) is 11.2. The van der Waals surface area contributed by atoms with Gasteiger partial charge in [0.2, 0.25) is 0 Å². The van der Waals surface area contributed by atoms with E-state index >= 15 is 0 Å². The van der Waals surface area contributed by atoms with E-state index in [1.54, 1.807) is 0 Å². The molecule has 1 aromatic carbocycles. The molecule has 0 atom stereocenters. The summed E-state index contributed by atoms with van der Waals surface area (Å²) in [5, 5.41) is 0. The minimum atomic E-state index is 1.02. The van der Waals surface area contributed by atoms with E-state index in [2.05, 4.69) is 51.2 Å². The van der Waals surface area contributed by atoms with Crippen LogP contribution in [0.1, 0.15) is 5.69 Å². The van der Waals surface area contributed by atoms with Crippen LogP contribution < -0.4 is 0 Å². The Hall–Kier alpha value is -0.800. The molecule has 0 spiro atoms. The van der Waals surface area contributed by atoms with Gasteiger partial charge in [0.25, 0.3) is 0 Å². The lowest BCUT2D eigenvalue weighted by atomic mass is 10.3. The predicted molar refractivity (Wildman–Crippen MR) is 72.8 cm³/mol. The fraction of sp³-hybridized carbons (Fsp3) is 0.154. The molecular weight excluding hydrogens is 282 g/mol. The van der Waals surface area contributed by atoms with Crippen LogP contribution >= 0.6 is 27.7 Å². The highest BCUT2D eigenvalue weighted by atomic mass is 79.9. The van der Waals surface area contributed by atoms with E-state index in [1.807, 2.05) is 30.1 Å². The molecule has 0 saturated heterocycles. The molecule has 0 saturated carbocycles. The van der Waals surface area contributed by atoms with Crippen LogP contribution in [0.2, 0.25) is 0 Å².